The van der Waals surface area contributed by atoms with Gasteiger partial charge >= 0.3 is 0 Å². The second kappa shape index (κ2) is 9.42. The number of hydrogen-bond donors (Lipinski definition) is 1. The Bertz CT molecular complexity index is 378. The Morgan fingerprint density at radius 3 is 2.35 bits per heavy atom. The van der Waals surface area contributed by atoms with Crippen LogP contribution >= 0.6 is 24.8 Å². The van der Waals surface area contributed by atoms with Crippen molar-refractivity contribution in [2.45, 2.75) is 57.2 Å². The molecule has 2 N–H and O–H groups in total. The first-order valence-electron chi connectivity index (χ1n) is 8.53. The molecule has 3 aliphatic rings. The van der Waals surface area contributed by atoms with Crippen LogP contribution in [0.5, 0.6) is 0 Å². The van der Waals surface area contributed by atoms with E-state index >= 15 is 0 Å². The lowest BCUT2D eigenvalue weighted by atomic mass is 9.99. The average Bonchev–Trinajstić information content (AvgIpc) is 2.93. The first-order chi connectivity index (χ1) is 10.1. The van der Waals surface area contributed by atoms with Crippen LogP contribution in [0.15, 0.2) is 0 Å². The van der Waals surface area contributed by atoms with Crippen molar-refractivity contribution in [3.05, 3.63) is 0 Å². The normalized spacial score (nSPS) is 33.0. The summed E-state index contributed by atoms with van der Waals surface area (Å²) in [6.45, 7) is 6.91. The van der Waals surface area contributed by atoms with E-state index in [0.717, 1.165) is 64.9 Å². The average molecular weight is 368 g/mol. The Balaban J connectivity index is 0.00000132. The third-order valence-corrected chi connectivity index (χ3v) is 5.39. The van der Waals surface area contributed by atoms with E-state index < -0.39 is 0 Å². The van der Waals surface area contributed by atoms with Crippen molar-refractivity contribution in [3.8, 4) is 0 Å². The molecule has 3 unspecified atom stereocenters. The molecule has 2 saturated heterocycles. The maximum absolute atomic E-state index is 12.5. The molecule has 5 nitrogen and oxygen atoms in total. The van der Waals surface area contributed by atoms with Crippen molar-refractivity contribution >= 4 is 30.7 Å². The highest BCUT2D eigenvalue weighted by Crippen LogP contribution is 2.28. The van der Waals surface area contributed by atoms with Crippen LogP contribution in [-0.2, 0) is 9.53 Å². The second-order valence-corrected chi connectivity index (χ2v) is 7.00. The van der Waals surface area contributed by atoms with E-state index in [4.69, 9.17) is 10.5 Å². The van der Waals surface area contributed by atoms with Gasteiger partial charge in [-0.25, -0.2) is 0 Å². The first kappa shape index (κ1) is 21.0. The van der Waals surface area contributed by atoms with Gasteiger partial charge in [-0.05, 0) is 39.0 Å². The molecule has 7 heteroatoms. The van der Waals surface area contributed by atoms with Gasteiger partial charge < -0.3 is 15.4 Å². The number of piperidine rings is 1. The van der Waals surface area contributed by atoms with Gasteiger partial charge in [-0.15, -0.1) is 24.8 Å². The third-order valence-electron chi connectivity index (χ3n) is 5.39. The van der Waals surface area contributed by atoms with Crippen molar-refractivity contribution in [3.63, 3.8) is 0 Å². The molecule has 0 radical (unpaired) electrons. The van der Waals surface area contributed by atoms with E-state index in [2.05, 4.69) is 16.7 Å². The molecule has 3 rings (SSSR count). The SMILES string of the molecule is CC1CN(C2CCN(C(=O)C3CCC(N)C3)CC2)CCO1.Cl.Cl. The predicted octanol–water partition coefficient (Wildman–Crippen LogP) is 1.67. The number of halogens is 2. The van der Waals surface area contributed by atoms with E-state index in [-0.39, 0.29) is 36.8 Å². The Hall–Kier alpha value is -0.0700. The molecule has 23 heavy (non-hydrogen) atoms. The Kier molecular flexibility index (Phi) is 8.59. The zero-order valence-electron chi connectivity index (χ0n) is 14.0. The summed E-state index contributed by atoms with van der Waals surface area (Å²) in [4.78, 5) is 17.2. The monoisotopic (exact) mass is 367 g/mol. The number of amides is 1. The Labute approximate surface area is 152 Å². The lowest BCUT2D eigenvalue weighted by molar-refractivity contribution is -0.137. The third kappa shape index (κ3) is 5.20. The summed E-state index contributed by atoms with van der Waals surface area (Å²) in [7, 11) is 0. The number of nitrogens with zero attached hydrogens (tertiary/aromatic N) is 2. The lowest BCUT2D eigenvalue weighted by Crippen LogP contribution is -2.52. The summed E-state index contributed by atoms with van der Waals surface area (Å²) in [5, 5.41) is 0. The minimum Gasteiger partial charge on any atom is -0.376 e. The topological polar surface area (TPSA) is 58.8 Å². The number of morpholine rings is 1. The molecule has 1 saturated carbocycles. The molecule has 0 aromatic rings. The van der Waals surface area contributed by atoms with Crippen LogP contribution in [-0.4, -0.2) is 66.7 Å². The molecular weight excluding hydrogens is 337 g/mol. The van der Waals surface area contributed by atoms with Crippen LogP contribution in [0.1, 0.15) is 39.0 Å². The number of hydrogen-bond acceptors (Lipinski definition) is 4. The van der Waals surface area contributed by atoms with E-state index in [1.165, 1.54) is 0 Å². The van der Waals surface area contributed by atoms with Gasteiger partial charge in [0.2, 0.25) is 5.91 Å². The number of carbonyl (C=O) groups is 1. The predicted molar refractivity (Wildman–Crippen MR) is 96.4 cm³/mol. The number of ether oxygens (including phenoxy) is 1. The molecular formula is C16H31Cl2N3O2. The number of carbonyl (C=O) groups excluding carboxylic acids is 1. The van der Waals surface area contributed by atoms with Crippen molar-refractivity contribution in [2.75, 3.05) is 32.8 Å². The molecule has 0 aromatic carbocycles. The van der Waals surface area contributed by atoms with Gasteiger partial charge in [-0.1, -0.05) is 0 Å². The van der Waals surface area contributed by atoms with Crippen molar-refractivity contribution in [2.24, 2.45) is 11.7 Å². The molecule has 1 amide bonds. The minimum atomic E-state index is 0. The zero-order chi connectivity index (χ0) is 14.8. The fourth-order valence-electron chi connectivity index (χ4n) is 4.13. The van der Waals surface area contributed by atoms with E-state index in [0.29, 0.717) is 18.1 Å². The number of rotatable bonds is 2. The molecule has 136 valence electrons. The lowest BCUT2D eigenvalue weighted by Gasteiger charge is -2.42. The standard InChI is InChI=1S/C16H29N3O2.2ClH/c1-12-11-19(8-9-21-12)15-4-6-18(7-5-15)16(20)13-2-3-14(17)10-13;;/h12-15H,2-11,17H2,1H3;2*1H. The second-order valence-electron chi connectivity index (χ2n) is 7.00. The summed E-state index contributed by atoms with van der Waals surface area (Å²) in [6, 6.07) is 0.873. The minimum absolute atomic E-state index is 0. The van der Waals surface area contributed by atoms with E-state index in [1.807, 2.05) is 0 Å². The highest BCUT2D eigenvalue weighted by atomic mass is 35.5. The molecule has 3 atom stereocenters. The molecule has 0 bridgehead atoms. The smallest absolute Gasteiger partial charge is 0.225 e. The molecule has 2 heterocycles. The summed E-state index contributed by atoms with van der Waals surface area (Å²) in [5.41, 5.74) is 5.94. The van der Waals surface area contributed by atoms with E-state index in [9.17, 15) is 4.79 Å². The van der Waals surface area contributed by atoms with Gasteiger partial charge in [-0.2, -0.15) is 0 Å². The van der Waals surface area contributed by atoms with Crippen LogP contribution in [0.2, 0.25) is 0 Å². The summed E-state index contributed by atoms with van der Waals surface area (Å²) in [5.74, 6) is 0.553. The van der Waals surface area contributed by atoms with Crippen LogP contribution in [0.25, 0.3) is 0 Å². The van der Waals surface area contributed by atoms with Crippen LogP contribution in [0, 0.1) is 5.92 Å². The maximum Gasteiger partial charge on any atom is 0.225 e. The van der Waals surface area contributed by atoms with Crippen LogP contribution in [0.3, 0.4) is 0 Å². The van der Waals surface area contributed by atoms with Gasteiger partial charge in [0.1, 0.15) is 0 Å². The van der Waals surface area contributed by atoms with Gasteiger partial charge in [0, 0.05) is 44.2 Å². The Morgan fingerprint density at radius 1 is 1.09 bits per heavy atom. The maximum atomic E-state index is 12.5. The molecule has 3 fully saturated rings. The highest BCUT2D eigenvalue weighted by molar-refractivity contribution is 5.85. The number of likely N-dealkylation sites (tertiary alicyclic amines) is 1. The van der Waals surface area contributed by atoms with Crippen molar-refractivity contribution < 1.29 is 9.53 Å². The first-order valence-corrected chi connectivity index (χ1v) is 8.53. The van der Waals surface area contributed by atoms with Crippen LogP contribution in [0.4, 0.5) is 0 Å². The molecule has 1 aliphatic carbocycles. The van der Waals surface area contributed by atoms with E-state index in [1.54, 1.807) is 0 Å². The molecule has 0 spiro atoms. The molecule has 2 aliphatic heterocycles. The fourth-order valence-corrected chi connectivity index (χ4v) is 4.13. The van der Waals surface area contributed by atoms with Gasteiger partial charge in [0.25, 0.3) is 0 Å². The summed E-state index contributed by atoms with van der Waals surface area (Å²) >= 11 is 0. The van der Waals surface area contributed by atoms with Gasteiger partial charge in [0.05, 0.1) is 12.7 Å². The van der Waals surface area contributed by atoms with Gasteiger partial charge in [0.15, 0.2) is 0 Å². The largest absolute Gasteiger partial charge is 0.376 e. The van der Waals surface area contributed by atoms with Crippen molar-refractivity contribution in [1.82, 2.24) is 9.80 Å². The molecule has 0 aromatic heterocycles. The van der Waals surface area contributed by atoms with Crippen LogP contribution < -0.4 is 5.73 Å². The fraction of sp³-hybridized carbons (Fsp3) is 0.938. The van der Waals surface area contributed by atoms with Gasteiger partial charge in [-0.3, -0.25) is 9.69 Å². The van der Waals surface area contributed by atoms with Crippen molar-refractivity contribution in [1.29, 1.82) is 0 Å². The zero-order valence-corrected chi connectivity index (χ0v) is 15.6. The quantitative estimate of drug-likeness (QED) is 0.806. The highest BCUT2D eigenvalue weighted by Gasteiger charge is 2.34. The number of nitrogens with two attached hydrogens (primary N) is 1. The Morgan fingerprint density at radius 2 is 1.78 bits per heavy atom. The summed E-state index contributed by atoms with van der Waals surface area (Å²) in [6.07, 6.45) is 5.45. The summed E-state index contributed by atoms with van der Waals surface area (Å²) < 4.78 is 5.62.